The zero-order valence-corrected chi connectivity index (χ0v) is 28.9. The van der Waals surface area contributed by atoms with Crippen molar-refractivity contribution < 1.29 is 23.5 Å². The maximum atomic E-state index is 16.3. The van der Waals surface area contributed by atoms with Gasteiger partial charge in [-0.3, -0.25) is 9.36 Å². The van der Waals surface area contributed by atoms with Gasteiger partial charge in [0.15, 0.2) is 0 Å². The van der Waals surface area contributed by atoms with Crippen LogP contribution in [0.2, 0.25) is 0 Å². The predicted molar refractivity (Wildman–Crippen MR) is 188 cm³/mol. The van der Waals surface area contributed by atoms with Crippen LogP contribution in [0.25, 0.3) is 33.4 Å². The van der Waals surface area contributed by atoms with Crippen LogP contribution in [0.5, 0.6) is 5.75 Å². The average molecular weight is 681 g/mol. The third-order valence-electron chi connectivity index (χ3n) is 9.36. The summed E-state index contributed by atoms with van der Waals surface area (Å²) in [6.07, 6.45) is 5.16. The molecule has 1 fully saturated rings. The Morgan fingerprint density at radius 2 is 1.98 bits per heavy atom. The first kappa shape index (κ1) is 32.9. The second-order valence-electron chi connectivity index (χ2n) is 13.0. The van der Waals surface area contributed by atoms with Crippen LogP contribution >= 0.6 is 11.3 Å². The zero-order chi connectivity index (χ0) is 34.6. The largest absolute Gasteiger partial charge is 0.464 e. The van der Waals surface area contributed by atoms with Crippen LogP contribution in [0.15, 0.2) is 48.8 Å². The van der Waals surface area contributed by atoms with E-state index in [4.69, 9.17) is 22.3 Å². The average Bonchev–Trinajstić information content (AvgIpc) is 3.44. The molecule has 3 atom stereocenters. The summed E-state index contributed by atoms with van der Waals surface area (Å²) in [5.74, 6) is 0.617. The van der Waals surface area contributed by atoms with Crippen LogP contribution in [0.1, 0.15) is 80.9 Å². The molecule has 13 heteroatoms. The molecule has 2 amide bonds. The van der Waals surface area contributed by atoms with Crippen molar-refractivity contribution in [1.29, 1.82) is 0 Å². The molecule has 0 bridgehead atoms. The molecule has 0 saturated heterocycles. The summed E-state index contributed by atoms with van der Waals surface area (Å²) in [5, 5.41) is 4.67. The van der Waals surface area contributed by atoms with Gasteiger partial charge in [-0.2, -0.15) is 0 Å². The number of nitrogens with one attached hydrogen (secondary N) is 2. The van der Waals surface area contributed by atoms with E-state index in [1.165, 1.54) is 13.2 Å². The molecule has 0 unspecified atom stereocenters. The van der Waals surface area contributed by atoms with Gasteiger partial charge >= 0.3 is 6.09 Å². The van der Waals surface area contributed by atoms with Crippen LogP contribution in [-0.4, -0.2) is 64.0 Å². The van der Waals surface area contributed by atoms with E-state index < -0.39 is 30.2 Å². The molecule has 1 saturated carbocycles. The second-order valence-corrected chi connectivity index (χ2v) is 14.1. The number of alkyl carbamates (subject to hydrolysis) is 1. The number of imidazole rings is 1. The van der Waals surface area contributed by atoms with Gasteiger partial charge in [-0.05, 0) is 61.8 Å². The highest BCUT2D eigenvalue weighted by atomic mass is 32.1. The number of rotatable bonds is 10. The summed E-state index contributed by atoms with van der Waals surface area (Å²) in [6, 6.07) is 9.76. The van der Waals surface area contributed by atoms with Gasteiger partial charge in [-0.25, -0.2) is 19.2 Å². The van der Waals surface area contributed by atoms with Gasteiger partial charge in [0.25, 0.3) is 0 Å². The Morgan fingerprint density at radius 3 is 2.67 bits per heavy atom. The van der Waals surface area contributed by atoms with E-state index in [2.05, 4.69) is 15.3 Å². The molecule has 1 aliphatic heterocycles. The van der Waals surface area contributed by atoms with Gasteiger partial charge in [0, 0.05) is 24.2 Å². The number of carbonyl (C=O) groups is 2. The third kappa shape index (κ3) is 5.98. The van der Waals surface area contributed by atoms with E-state index in [0.29, 0.717) is 58.4 Å². The highest BCUT2D eigenvalue weighted by Crippen LogP contribution is 2.49. The molecule has 252 valence electrons. The molecule has 1 aliphatic carbocycles. The Bertz CT molecular complexity index is 2050. The Hall–Kier alpha value is -4.65. The minimum atomic E-state index is -0.776. The first-order valence-corrected chi connectivity index (χ1v) is 17.5. The molecule has 5 aromatic rings. The number of thiazole rings is 1. The van der Waals surface area contributed by atoms with Crippen molar-refractivity contribution in [3.63, 3.8) is 0 Å². The smallest absolute Gasteiger partial charge is 0.407 e. The van der Waals surface area contributed by atoms with Gasteiger partial charge in [0.1, 0.15) is 31.3 Å². The minimum absolute atomic E-state index is 0.172. The van der Waals surface area contributed by atoms with Gasteiger partial charge < -0.3 is 24.7 Å². The third-order valence-corrected chi connectivity index (χ3v) is 10.5. The fourth-order valence-corrected chi connectivity index (χ4v) is 7.80. The van der Waals surface area contributed by atoms with Crippen LogP contribution in [0.4, 0.5) is 9.18 Å². The number of halogens is 1. The topological polar surface area (TPSA) is 114 Å². The number of carbonyl (C=O) groups excluding carboxylic acids is 2. The number of fused-ring (bicyclic) bond motifs is 5. The van der Waals surface area contributed by atoms with Crippen molar-refractivity contribution in [2.24, 2.45) is 5.92 Å². The predicted octanol–water partition coefficient (Wildman–Crippen LogP) is 6.58. The maximum absolute atomic E-state index is 16.3. The molecule has 0 spiro atoms. The van der Waals surface area contributed by atoms with Gasteiger partial charge in [0.05, 0.1) is 51.7 Å². The molecule has 3 aromatic heterocycles. The number of methoxy groups -OCH3 is 1. The normalized spacial score (nSPS) is 16.5. The van der Waals surface area contributed by atoms with Crippen molar-refractivity contribution in [3.8, 4) is 28.3 Å². The summed E-state index contributed by atoms with van der Waals surface area (Å²) >= 11 is 1.64. The summed E-state index contributed by atoms with van der Waals surface area (Å²) < 4.78 is 29.8. The molecule has 2 aliphatic rings. The highest BCUT2D eigenvalue weighted by Gasteiger charge is 2.36. The Morgan fingerprint density at radius 1 is 1.18 bits per heavy atom. The summed E-state index contributed by atoms with van der Waals surface area (Å²) in [7, 11) is 7.40. The van der Waals surface area contributed by atoms with Crippen LogP contribution in [0, 0.1) is 11.7 Å². The molecule has 2 N–H and O–H groups in total. The monoisotopic (exact) mass is 680 g/mol. The van der Waals surface area contributed by atoms with Crippen molar-refractivity contribution >= 4 is 47.5 Å². The molecular formula is C36H38BFN6O4S. The number of ether oxygens (including phenoxy) is 2. The lowest BCUT2D eigenvalue weighted by Gasteiger charge is -2.33. The van der Waals surface area contributed by atoms with Crippen LogP contribution in [-0.2, 0) is 9.53 Å². The van der Waals surface area contributed by atoms with Crippen molar-refractivity contribution in [3.05, 3.63) is 70.3 Å². The highest BCUT2D eigenvalue weighted by molar-refractivity contribution is 7.11. The van der Waals surface area contributed by atoms with Crippen LogP contribution < -0.4 is 15.5 Å². The summed E-state index contributed by atoms with van der Waals surface area (Å²) in [6.45, 7) is 7.98. The summed E-state index contributed by atoms with van der Waals surface area (Å²) in [5.41, 5.74) is 3.73. The van der Waals surface area contributed by atoms with E-state index in [-0.39, 0.29) is 11.8 Å². The van der Waals surface area contributed by atoms with Gasteiger partial charge in [0.2, 0.25) is 12.1 Å². The number of nitrogens with zero attached hydrogens (tertiary/aromatic N) is 4. The lowest BCUT2D eigenvalue weighted by atomic mass is 9.95. The van der Waals surface area contributed by atoms with E-state index in [1.807, 2.05) is 68.8 Å². The first-order chi connectivity index (χ1) is 23.6. The quantitative estimate of drug-likeness (QED) is 0.161. The summed E-state index contributed by atoms with van der Waals surface area (Å²) in [4.78, 5) is 41.1. The number of aromatic nitrogens is 4. The lowest BCUT2D eigenvalue weighted by molar-refractivity contribution is -0.137. The molecule has 7 rings (SSSR count). The number of H-pyrrole nitrogens is 1. The van der Waals surface area contributed by atoms with E-state index >= 15 is 4.39 Å². The standard InChI is InChI=1S/C36H38BFN6O4S/c1-6-25(43(7-2)34(45)31(18(3)4)42-36(46)47-5)32-39-16-24(41-32)20-13-23(38)30-27-14-21-12-22(37)10-11-26(21)44(27)35(48-28(30)15-20)29-17-40-33(49-29)19-8-9-19/h10-19,25,31,35H,6-9H2,1-5H3,(H,39,41)(H,42,46)/t25-,31-,35-/m0/s1. The fourth-order valence-electron chi connectivity index (χ4n) is 6.69. The van der Waals surface area contributed by atoms with Crippen LogP contribution in [0.3, 0.4) is 0 Å². The molecule has 4 heterocycles. The number of aromatic amines is 1. The van der Waals surface area contributed by atoms with E-state index in [0.717, 1.165) is 33.6 Å². The van der Waals surface area contributed by atoms with Gasteiger partial charge in [-0.1, -0.05) is 38.4 Å². The van der Waals surface area contributed by atoms with Gasteiger partial charge in [-0.15, -0.1) is 11.3 Å². The zero-order valence-electron chi connectivity index (χ0n) is 28.1. The molecule has 2 aromatic carbocycles. The number of likely N-dealkylation sites (N-methyl/N-ethyl adjacent to an activating group) is 1. The molecular weight excluding hydrogens is 642 g/mol. The second kappa shape index (κ2) is 13.0. The van der Waals surface area contributed by atoms with Crippen molar-refractivity contribution in [2.75, 3.05) is 13.7 Å². The fraction of sp³-hybridized carbons (Fsp3) is 0.389. The van der Waals surface area contributed by atoms with Crippen molar-refractivity contribution in [1.82, 2.24) is 29.7 Å². The Balaban J connectivity index is 1.25. The SMILES string of the molecule is [B]c1ccc2c(c1)cc1n2[C@H](c2cnc(C3CC3)s2)Oc2cc(-c3cnc([C@H](CC)N(CC)C(=O)[C@@H](NC(=O)OC)C(C)C)[nH]3)cc(F)c2-1. The molecule has 10 nitrogen and oxygen atoms in total. The number of benzene rings is 2. The number of hydrogen-bond acceptors (Lipinski definition) is 7. The van der Waals surface area contributed by atoms with E-state index in [9.17, 15) is 9.59 Å². The minimum Gasteiger partial charge on any atom is -0.464 e. The van der Waals surface area contributed by atoms with Crippen molar-refractivity contribution in [2.45, 2.75) is 71.2 Å². The molecule has 49 heavy (non-hydrogen) atoms. The number of amides is 2. The Kier molecular flexibility index (Phi) is 8.72. The van der Waals surface area contributed by atoms with E-state index in [1.54, 1.807) is 22.4 Å². The Labute approximate surface area is 289 Å². The maximum Gasteiger partial charge on any atom is 0.407 e. The number of hydrogen-bond donors (Lipinski definition) is 2. The molecule has 2 radical (unpaired) electrons. The first-order valence-electron chi connectivity index (χ1n) is 16.7. The lowest BCUT2D eigenvalue weighted by Crippen LogP contribution is -2.52.